The molecule has 8 heteroatoms. The number of benzene rings is 3. The lowest BCUT2D eigenvalue weighted by Gasteiger charge is -2.20. The van der Waals surface area contributed by atoms with Gasteiger partial charge < -0.3 is 10.3 Å². The summed E-state index contributed by atoms with van der Waals surface area (Å²) in [4.78, 5) is 20.6. The van der Waals surface area contributed by atoms with Gasteiger partial charge in [-0.1, -0.05) is 36.4 Å². The van der Waals surface area contributed by atoms with E-state index in [9.17, 15) is 13.2 Å². The minimum atomic E-state index is -3.55. The van der Waals surface area contributed by atoms with Gasteiger partial charge in [0, 0.05) is 11.6 Å². The zero-order valence-electron chi connectivity index (χ0n) is 17.2. The molecule has 0 bridgehead atoms. The molecule has 1 heterocycles. The number of fused-ring (bicyclic) bond motifs is 1. The second kappa shape index (κ2) is 8.22. The molecule has 1 atom stereocenters. The Morgan fingerprint density at radius 3 is 2.44 bits per heavy atom. The number of hydrogen-bond acceptors (Lipinski definition) is 4. The fourth-order valence-corrected chi connectivity index (χ4v) is 4.93. The van der Waals surface area contributed by atoms with E-state index >= 15 is 0 Å². The molecule has 4 aromatic rings. The van der Waals surface area contributed by atoms with Crippen LogP contribution in [0.15, 0.2) is 84.0 Å². The van der Waals surface area contributed by atoms with Gasteiger partial charge in [-0.3, -0.25) is 4.79 Å². The molecule has 32 heavy (non-hydrogen) atoms. The molecule has 162 valence electrons. The van der Waals surface area contributed by atoms with Gasteiger partial charge in [-0.2, -0.15) is 0 Å². The third-order valence-corrected chi connectivity index (χ3v) is 7.05. The first kappa shape index (κ1) is 20.4. The summed E-state index contributed by atoms with van der Waals surface area (Å²) in [6, 6.07) is 21.2. The van der Waals surface area contributed by atoms with Crippen LogP contribution in [0.25, 0.3) is 11.0 Å². The number of amides is 1. The van der Waals surface area contributed by atoms with Gasteiger partial charge in [0.05, 0.1) is 28.3 Å². The van der Waals surface area contributed by atoms with Crippen LogP contribution in [0.5, 0.6) is 0 Å². The van der Waals surface area contributed by atoms with Crippen LogP contribution < -0.4 is 10.0 Å². The minimum Gasteiger partial charge on any atom is -0.345 e. The van der Waals surface area contributed by atoms with Crippen LogP contribution in [0.3, 0.4) is 0 Å². The van der Waals surface area contributed by atoms with Gasteiger partial charge >= 0.3 is 0 Å². The Kier molecular flexibility index (Phi) is 5.24. The van der Waals surface area contributed by atoms with Crippen molar-refractivity contribution in [3.63, 3.8) is 0 Å². The Balaban J connectivity index is 1.41. The maximum Gasteiger partial charge on any atom is 0.252 e. The Bertz CT molecular complexity index is 1360. The SMILES string of the molecule is O=C(NC(c1ccccc1)c1ccc2nc[nH]c2c1)c1ccc(S(=O)(=O)NC2CC2)cc1. The van der Waals surface area contributed by atoms with E-state index in [-0.39, 0.29) is 22.9 Å². The van der Waals surface area contributed by atoms with Crippen LogP contribution in [0.1, 0.15) is 40.4 Å². The third kappa shape index (κ3) is 4.28. The van der Waals surface area contributed by atoms with Crippen molar-refractivity contribution in [2.45, 2.75) is 29.8 Å². The summed E-state index contributed by atoms with van der Waals surface area (Å²) in [5.41, 5.74) is 3.97. The summed E-state index contributed by atoms with van der Waals surface area (Å²) >= 11 is 0. The second-order valence-electron chi connectivity index (χ2n) is 7.92. The van der Waals surface area contributed by atoms with E-state index in [1.54, 1.807) is 6.33 Å². The first-order valence-corrected chi connectivity index (χ1v) is 11.9. The fraction of sp³-hybridized carbons (Fsp3) is 0.167. The first-order valence-electron chi connectivity index (χ1n) is 10.4. The number of sulfonamides is 1. The van der Waals surface area contributed by atoms with Crippen molar-refractivity contribution < 1.29 is 13.2 Å². The number of hydrogen-bond donors (Lipinski definition) is 3. The predicted octanol–water partition coefficient (Wildman–Crippen LogP) is 3.52. The molecule has 0 saturated heterocycles. The van der Waals surface area contributed by atoms with E-state index in [2.05, 4.69) is 20.0 Å². The number of aromatic amines is 1. The molecule has 0 aliphatic heterocycles. The highest BCUT2D eigenvalue weighted by atomic mass is 32.2. The molecule has 0 spiro atoms. The minimum absolute atomic E-state index is 0.0295. The quantitative estimate of drug-likeness (QED) is 0.404. The molecule has 1 aliphatic rings. The van der Waals surface area contributed by atoms with Crippen molar-refractivity contribution in [1.82, 2.24) is 20.0 Å². The molecule has 1 fully saturated rings. The molecule has 1 amide bonds. The average molecular weight is 447 g/mol. The second-order valence-corrected chi connectivity index (χ2v) is 9.63. The summed E-state index contributed by atoms with van der Waals surface area (Å²) in [5.74, 6) is -0.289. The summed E-state index contributed by atoms with van der Waals surface area (Å²) in [6.45, 7) is 0. The number of nitrogens with one attached hydrogen (secondary N) is 3. The highest BCUT2D eigenvalue weighted by Gasteiger charge is 2.28. The van der Waals surface area contributed by atoms with E-state index in [0.29, 0.717) is 5.56 Å². The highest BCUT2D eigenvalue weighted by Crippen LogP contribution is 2.26. The maximum atomic E-state index is 13.1. The summed E-state index contributed by atoms with van der Waals surface area (Å²) in [7, 11) is -3.55. The summed E-state index contributed by atoms with van der Waals surface area (Å²) in [6.07, 6.45) is 3.37. The standard InChI is InChI=1S/C24H22N4O3S/c29-24(17-6-11-20(12-7-17)32(30,31)28-19-9-10-19)27-23(16-4-2-1-3-5-16)18-8-13-21-22(14-18)26-15-25-21/h1-8,11-15,19,23,28H,9-10H2,(H,25,26)(H,27,29). The highest BCUT2D eigenvalue weighted by molar-refractivity contribution is 7.89. The lowest BCUT2D eigenvalue weighted by atomic mass is 9.97. The number of H-pyrrole nitrogens is 1. The normalized spacial score (nSPS) is 14.9. The van der Waals surface area contributed by atoms with Crippen LogP contribution in [0, 0.1) is 0 Å². The van der Waals surface area contributed by atoms with E-state index in [0.717, 1.165) is 35.0 Å². The lowest BCUT2D eigenvalue weighted by Crippen LogP contribution is -2.29. The van der Waals surface area contributed by atoms with Crippen molar-refractivity contribution in [2.75, 3.05) is 0 Å². The van der Waals surface area contributed by atoms with E-state index in [1.165, 1.54) is 24.3 Å². The smallest absolute Gasteiger partial charge is 0.252 e. The number of carbonyl (C=O) groups is 1. The number of carbonyl (C=O) groups excluding carboxylic acids is 1. The first-order chi connectivity index (χ1) is 15.5. The van der Waals surface area contributed by atoms with Crippen molar-refractivity contribution in [3.05, 3.63) is 95.8 Å². The van der Waals surface area contributed by atoms with E-state index < -0.39 is 10.0 Å². The predicted molar refractivity (Wildman–Crippen MR) is 122 cm³/mol. The zero-order chi connectivity index (χ0) is 22.1. The molecule has 3 N–H and O–H groups in total. The lowest BCUT2D eigenvalue weighted by molar-refractivity contribution is 0.0943. The van der Waals surface area contributed by atoms with Crippen molar-refractivity contribution >= 4 is 27.0 Å². The van der Waals surface area contributed by atoms with Crippen molar-refractivity contribution in [1.29, 1.82) is 0 Å². The Morgan fingerprint density at radius 2 is 1.72 bits per heavy atom. The topological polar surface area (TPSA) is 104 Å². The molecule has 1 unspecified atom stereocenters. The number of rotatable bonds is 7. The average Bonchev–Trinajstić information content (AvgIpc) is 3.49. The maximum absolute atomic E-state index is 13.1. The van der Waals surface area contributed by atoms with Gasteiger partial charge in [0.2, 0.25) is 10.0 Å². The molecule has 1 aliphatic carbocycles. The Labute approximate surface area is 185 Å². The van der Waals surface area contributed by atoms with Gasteiger partial charge in [0.15, 0.2) is 0 Å². The number of nitrogens with zero attached hydrogens (tertiary/aromatic N) is 1. The van der Waals surface area contributed by atoms with E-state index in [4.69, 9.17) is 0 Å². The fourth-order valence-electron chi connectivity index (χ4n) is 3.63. The zero-order valence-corrected chi connectivity index (χ0v) is 18.0. The van der Waals surface area contributed by atoms with Crippen LogP contribution in [-0.4, -0.2) is 30.3 Å². The van der Waals surface area contributed by atoms with Gasteiger partial charge in [-0.25, -0.2) is 18.1 Å². The van der Waals surface area contributed by atoms with Crippen LogP contribution in [0.4, 0.5) is 0 Å². The molecule has 1 saturated carbocycles. The Hall–Kier alpha value is -3.49. The molecule has 3 aromatic carbocycles. The van der Waals surface area contributed by atoms with Gasteiger partial charge in [0.1, 0.15) is 0 Å². The van der Waals surface area contributed by atoms with Gasteiger partial charge in [-0.05, 0) is 60.4 Å². The number of imidazole rings is 1. The van der Waals surface area contributed by atoms with Crippen molar-refractivity contribution in [2.24, 2.45) is 0 Å². The number of aromatic nitrogens is 2. The van der Waals surface area contributed by atoms with E-state index in [1.807, 2.05) is 48.5 Å². The largest absolute Gasteiger partial charge is 0.345 e. The summed E-state index contributed by atoms with van der Waals surface area (Å²) in [5, 5.41) is 3.08. The third-order valence-electron chi connectivity index (χ3n) is 5.51. The molecular formula is C24H22N4O3S. The molecule has 5 rings (SSSR count). The van der Waals surface area contributed by atoms with Crippen LogP contribution >= 0.6 is 0 Å². The van der Waals surface area contributed by atoms with Crippen LogP contribution in [-0.2, 0) is 10.0 Å². The molecular weight excluding hydrogens is 424 g/mol. The molecule has 0 radical (unpaired) electrons. The van der Waals surface area contributed by atoms with Gasteiger partial charge in [-0.15, -0.1) is 0 Å². The van der Waals surface area contributed by atoms with Crippen molar-refractivity contribution in [3.8, 4) is 0 Å². The van der Waals surface area contributed by atoms with Gasteiger partial charge in [0.25, 0.3) is 5.91 Å². The molecule has 7 nitrogen and oxygen atoms in total. The van der Waals surface area contributed by atoms with Crippen LogP contribution in [0.2, 0.25) is 0 Å². The monoisotopic (exact) mass is 446 g/mol. The summed E-state index contributed by atoms with van der Waals surface area (Å²) < 4.78 is 27.4. The Morgan fingerprint density at radius 1 is 0.969 bits per heavy atom. The molecule has 1 aromatic heterocycles.